The summed E-state index contributed by atoms with van der Waals surface area (Å²) >= 11 is 4.09. The third kappa shape index (κ3) is 3.55. The molecule has 0 spiro atoms. The van der Waals surface area contributed by atoms with Crippen molar-refractivity contribution in [3.8, 4) is 5.75 Å². The summed E-state index contributed by atoms with van der Waals surface area (Å²) in [7, 11) is 0. The Balaban J connectivity index is 2.23. The monoisotopic (exact) mass is 503 g/mol. The molecule has 1 aliphatic rings. The average molecular weight is 503 g/mol. The van der Waals surface area contributed by atoms with Crippen molar-refractivity contribution in [2.75, 3.05) is 19.8 Å². The van der Waals surface area contributed by atoms with Gasteiger partial charge in [0.05, 0.1) is 21.3 Å². The highest BCUT2D eigenvalue weighted by Gasteiger charge is 2.34. The molecule has 0 radical (unpaired) electrons. The summed E-state index contributed by atoms with van der Waals surface area (Å²) in [6, 6.07) is 3.43. The van der Waals surface area contributed by atoms with E-state index in [1.165, 1.54) is 0 Å². The molecular formula is C13H15I2NO4. The number of rotatable bonds is 3. The lowest BCUT2D eigenvalue weighted by atomic mass is 9.90. The van der Waals surface area contributed by atoms with Crippen LogP contribution in [0.4, 0.5) is 0 Å². The molecule has 0 atom stereocenters. The fourth-order valence-corrected chi connectivity index (χ4v) is 3.98. The van der Waals surface area contributed by atoms with Crippen molar-refractivity contribution in [2.24, 2.45) is 0 Å². The van der Waals surface area contributed by atoms with Crippen molar-refractivity contribution in [2.45, 2.75) is 18.4 Å². The third-order valence-corrected chi connectivity index (χ3v) is 4.85. The van der Waals surface area contributed by atoms with Gasteiger partial charge in [-0.1, -0.05) is 0 Å². The zero-order valence-corrected chi connectivity index (χ0v) is 15.0. The molecule has 0 unspecified atom stereocenters. The highest BCUT2D eigenvalue weighted by Crippen LogP contribution is 2.28. The van der Waals surface area contributed by atoms with E-state index in [-0.39, 0.29) is 23.8 Å². The van der Waals surface area contributed by atoms with Crippen LogP contribution in [-0.2, 0) is 4.74 Å². The predicted octanol–water partition coefficient (Wildman–Crippen LogP) is 1.87. The van der Waals surface area contributed by atoms with Gasteiger partial charge in [-0.25, -0.2) is 0 Å². The second-order valence-electron chi connectivity index (χ2n) is 4.79. The van der Waals surface area contributed by atoms with Gasteiger partial charge in [0.1, 0.15) is 5.75 Å². The minimum atomic E-state index is -0.658. The summed E-state index contributed by atoms with van der Waals surface area (Å²) in [5.74, 6) is -0.390. The largest absolute Gasteiger partial charge is 0.506 e. The first-order valence-electron chi connectivity index (χ1n) is 6.16. The fourth-order valence-electron chi connectivity index (χ4n) is 2.13. The van der Waals surface area contributed by atoms with Crippen LogP contribution < -0.4 is 5.32 Å². The van der Waals surface area contributed by atoms with Crippen LogP contribution in [-0.4, -0.2) is 41.5 Å². The number of phenols is 1. The minimum absolute atomic E-state index is 0.0244. The van der Waals surface area contributed by atoms with Crippen LogP contribution in [0.15, 0.2) is 12.1 Å². The highest BCUT2D eigenvalue weighted by atomic mass is 127. The molecule has 20 heavy (non-hydrogen) atoms. The number of ether oxygens (including phenoxy) is 1. The summed E-state index contributed by atoms with van der Waals surface area (Å²) in [6.07, 6.45) is 1.13. The van der Waals surface area contributed by atoms with Crippen molar-refractivity contribution < 1.29 is 19.7 Å². The van der Waals surface area contributed by atoms with E-state index >= 15 is 0 Å². The first-order chi connectivity index (χ1) is 9.47. The molecule has 1 amide bonds. The van der Waals surface area contributed by atoms with Gasteiger partial charge >= 0.3 is 0 Å². The van der Waals surface area contributed by atoms with Crippen molar-refractivity contribution in [3.05, 3.63) is 24.8 Å². The van der Waals surface area contributed by atoms with E-state index in [0.29, 0.717) is 29.6 Å². The van der Waals surface area contributed by atoms with Crippen molar-refractivity contribution in [3.63, 3.8) is 0 Å². The van der Waals surface area contributed by atoms with Crippen LogP contribution in [0.1, 0.15) is 23.2 Å². The Kier molecular flexibility index (Phi) is 5.49. The van der Waals surface area contributed by atoms with E-state index in [4.69, 9.17) is 4.74 Å². The minimum Gasteiger partial charge on any atom is -0.506 e. The Labute approximate surface area is 144 Å². The molecule has 110 valence electrons. The van der Waals surface area contributed by atoms with Crippen LogP contribution in [0.3, 0.4) is 0 Å². The average Bonchev–Trinajstić information content (AvgIpc) is 2.43. The fraction of sp³-hybridized carbons (Fsp3) is 0.462. The van der Waals surface area contributed by atoms with Gasteiger partial charge < -0.3 is 20.3 Å². The van der Waals surface area contributed by atoms with E-state index in [0.717, 1.165) is 3.57 Å². The lowest BCUT2D eigenvalue weighted by Crippen LogP contribution is -2.54. The molecule has 1 aromatic rings. The first kappa shape index (κ1) is 16.2. The standard InChI is InChI=1S/C13H15I2NO4/c14-8-5-9(11(18)10(15)6-8)12(19)16-13(7-17)1-3-20-4-2-13/h5-6,17-18H,1-4,7H2,(H,16,19). The number of halogens is 2. The van der Waals surface area contributed by atoms with Gasteiger partial charge in [0, 0.05) is 16.8 Å². The molecule has 0 aliphatic carbocycles. The van der Waals surface area contributed by atoms with E-state index in [9.17, 15) is 15.0 Å². The zero-order chi connectivity index (χ0) is 14.8. The summed E-state index contributed by atoms with van der Waals surface area (Å²) in [4.78, 5) is 12.4. The molecule has 1 aliphatic heterocycles. The van der Waals surface area contributed by atoms with Gasteiger partial charge in [-0.3, -0.25) is 4.79 Å². The van der Waals surface area contributed by atoms with Crippen LogP contribution in [0.2, 0.25) is 0 Å². The molecule has 1 saturated heterocycles. The van der Waals surface area contributed by atoms with Crippen molar-refractivity contribution in [1.82, 2.24) is 5.32 Å². The maximum Gasteiger partial charge on any atom is 0.255 e. The van der Waals surface area contributed by atoms with Gasteiger partial charge in [-0.05, 0) is 70.2 Å². The number of amides is 1. The third-order valence-electron chi connectivity index (χ3n) is 3.40. The summed E-state index contributed by atoms with van der Waals surface area (Å²) in [5.41, 5.74) is -0.422. The highest BCUT2D eigenvalue weighted by molar-refractivity contribution is 14.1. The molecule has 5 nitrogen and oxygen atoms in total. The number of phenolic OH excluding ortho intramolecular Hbond substituents is 1. The smallest absolute Gasteiger partial charge is 0.255 e. The van der Waals surface area contributed by atoms with Gasteiger partial charge in [0.2, 0.25) is 0 Å². The topological polar surface area (TPSA) is 78.8 Å². The number of aliphatic hydroxyl groups excluding tert-OH is 1. The lowest BCUT2D eigenvalue weighted by Gasteiger charge is -2.36. The number of nitrogens with one attached hydrogen (secondary N) is 1. The van der Waals surface area contributed by atoms with E-state index in [1.54, 1.807) is 12.1 Å². The Morgan fingerprint density at radius 1 is 1.35 bits per heavy atom. The summed E-state index contributed by atoms with van der Waals surface area (Å²) < 4.78 is 6.77. The summed E-state index contributed by atoms with van der Waals surface area (Å²) in [6.45, 7) is 0.886. The molecule has 0 aromatic heterocycles. The van der Waals surface area contributed by atoms with Crippen LogP contribution in [0, 0.1) is 7.14 Å². The van der Waals surface area contributed by atoms with E-state index < -0.39 is 5.54 Å². The number of carbonyl (C=O) groups excluding carboxylic acids is 1. The Bertz CT molecular complexity index is 515. The first-order valence-corrected chi connectivity index (χ1v) is 8.32. The molecule has 3 N–H and O–H groups in total. The Hall–Kier alpha value is -0.130. The summed E-state index contributed by atoms with van der Waals surface area (Å²) in [5, 5.41) is 22.5. The number of aliphatic hydroxyl groups is 1. The second kappa shape index (κ2) is 6.75. The number of benzene rings is 1. The maximum absolute atomic E-state index is 12.4. The van der Waals surface area contributed by atoms with Gasteiger partial charge in [0.15, 0.2) is 0 Å². The molecule has 1 aromatic carbocycles. The van der Waals surface area contributed by atoms with Crippen LogP contribution >= 0.6 is 45.2 Å². The quantitative estimate of drug-likeness (QED) is 0.551. The zero-order valence-electron chi connectivity index (χ0n) is 10.7. The van der Waals surface area contributed by atoms with Crippen molar-refractivity contribution in [1.29, 1.82) is 0 Å². The number of hydrogen-bond acceptors (Lipinski definition) is 4. The molecule has 0 saturated carbocycles. The Morgan fingerprint density at radius 3 is 2.60 bits per heavy atom. The molecule has 7 heteroatoms. The normalized spacial score (nSPS) is 17.8. The second-order valence-corrected chi connectivity index (χ2v) is 7.20. The SMILES string of the molecule is O=C(NC1(CO)CCOCC1)c1cc(I)cc(I)c1O. The lowest BCUT2D eigenvalue weighted by molar-refractivity contribution is 0.0125. The molecule has 0 bridgehead atoms. The number of hydrogen-bond donors (Lipinski definition) is 3. The van der Waals surface area contributed by atoms with E-state index in [1.807, 2.05) is 22.6 Å². The van der Waals surface area contributed by atoms with E-state index in [2.05, 4.69) is 27.9 Å². The predicted molar refractivity (Wildman–Crippen MR) is 90.9 cm³/mol. The van der Waals surface area contributed by atoms with Crippen LogP contribution in [0.5, 0.6) is 5.75 Å². The molecule has 1 fully saturated rings. The van der Waals surface area contributed by atoms with Gasteiger partial charge in [0.25, 0.3) is 5.91 Å². The number of aromatic hydroxyl groups is 1. The molecular weight excluding hydrogens is 488 g/mol. The number of carbonyl (C=O) groups is 1. The molecule has 2 rings (SSSR count). The van der Waals surface area contributed by atoms with Crippen LogP contribution in [0.25, 0.3) is 0 Å². The van der Waals surface area contributed by atoms with Gasteiger partial charge in [-0.15, -0.1) is 0 Å². The van der Waals surface area contributed by atoms with Gasteiger partial charge in [-0.2, -0.15) is 0 Å². The maximum atomic E-state index is 12.4. The molecule has 1 heterocycles. The Morgan fingerprint density at radius 2 is 2.00 bits per heavy atom. The van der Waals surface area contributed by atoms with Crippen molar-refractivity contribution >= 4 is 51.1 Å².